The monoisotopic (exact) mass is 396 g/mol. The molecule has 1 aromatic heterocycles. The summed E-state index contributed by atoms with van der Waals surface area (Å²) >= 11 is 0. The Morgan fingerprint density at radius 3 is 2.24 bits per heavy atom. The molecule has 1 amide bonds. The fourth-order valence-corrected chi connectivity index (χ4v) is 3.80. The molecule has 0 radical (unpaired) electrons. The third-order valence-electron chi connectivity index (χ3n) is 5.34. The SMILES string of the molecule is Cc1nn(-c2ccc(F)cc2)c(C)c1C(=O)N1CCN(c2ccccc2F)CC1. The van der Waals surface area contributed by atoms with Crippen LogP contribution in [0.3, 0.4) is 0 Å². The van der Waals surface area contributed by atoms with Crippen molar-refractivity contribution in [1.29, 1.82) is 0 Å². The zero-order valence-corrected chi connectivity index (χ0v) is 16.4. The fraction of sp³-hybridized carbons (Fsp3) is 0.273. The third kappa shape index (κ3) is 3.60. The quantitative estimate of drug-likeness (QED) is 0.678. The van der Waals surface area contributed by atoms with E-state index in [1.165, 1.54) is 18.2 Å². The Morgan fingerprint density at radius 2 is 1.59 bits per heavy atom. The first kappa shape index (κ1) is 19.1. The van der Waals surface area contributed by atoms with Crippen LogP contribution in [0.1, 0.15) is 21.7 Å². The van der Waals surface area contributed by atoms with Gasteiger partial charge in [-0.2, -0.15) is 5.10 Å². The number of benzene rings is 2. The first-order valence-corrected chi connectivity index (χ1v) is 9.56. The van der Waals surface area contributed by atoms with Gasteiger partial charge in [-0.15, -0.1) is 0 Å². The van der Waals surface area contributed by atoms with Crippen molar-refractivity contribution in [3.05, 3.63) is 77.1 Å². The summed E-state index contributed by atoms with van der Waals surface area (Å²) in [5.41, 5.74) is 3.18. The van der Waals surface area contributed by atoms with Crippen molar-refractivity contribution in [1.82, 2.24) is 14.7 Å². The van der Waals surface area contributed by atoms with E-state index >= 15 is 0 Å². The van der Waals surface area contributed by atoms with Gasteiger partial charge in [-0.3, -0.25) is 4.79 Å². The van der Waals surface area contributed by atoms with Crippen molar-refractivity contribution >= 4 is 11.6 Å². The normalized spacial score (nSPS) is 14.3. The number of hydrogen-bond acceptors (Lipinski definition) is 3. The van der Waals surface area contributed by atoms with Crippen LogP contribution < -0.4 is 4.90 Å². The topological polar surface area (TPSA) is 41.4 Å². The second-order valence-electron chi connectivity index (χ2n) is 7.16. The van der Waals surface area contributed by atoms with Crippen LogP contribution >= 0.6 is 0 Å². The molecule has 1 saturated heterocycles. The standard InChI is InChI=1S/C22H22F2N4O/c1-15-21(16(2)28(25-15)18-9-7-17(23)8-10-18)22(29)27-13-11-26(12-14-27)20-6-4-3-5-19(20)24/h3-10H,11-14H2,1-2H3. The Hall–Kier alpha value is -3.22. The maximum Gasteiger partial charge on any atom is 0.257 e. The van der Waals surface area contributed by atoms with Gasteiger partial charge in [0.15, 0.2) is 0 Å². The minimum atomic E-state index is -0.320. The molecular formula is C22H22F2N4O. The summed E-state index contributed by atoms with van der Waals surface area (Å²) in [6.07, 6.45) is 0. The number of aromatic nitrogens is 2. The van der Waals surface area contributed by atoms with E-state index in [9.17, 15) is 13.6 Å². The van der Waals surface area contributed by atoms with Gasteiger partial charge in [0, 0.05) is 26.2 Å². The van der Waals surface area contributed by atoms with Crippen LogP contribution in [0.25, 0.3) is 5.69 Å². The van der Waals surface area contributed by atoms with Crippen LogP contribution in [0.15, 0.2) is 48.5 Å². The average molecular weight is 396 g/mol. The molecule has 2 heterocycles. The lowest BCUT2D eigenvalue weighted by Crippen LogP contribution is -2.49. The molecule has 0 unspecified atom stereocenters. The van der Waals surface area contributed by atoms with Gasteiger partial charge >= 0.3 is 0 Å². The summed E-state index contributed by atoms with van der Waals surface area (Å²) in [5.74, 6) is -0.652. The summed E-state index contributed by atoms with van der Waals surface area (Å²) < 4.78 is 28.9. The predicted molar refractivity (Wildman–Crippen MR) is 108 cm³/mol. The summed E-state index contributed by atoms with van der Waals surface area (Å²) in [6.45, 7) is 5.79. The van der Waals surface area contributed by atoms with Crippen molar-refractivity contribution < 1.29 is 13.6 Å². The summed E-state index contributed by atoms with van der Waals surface area (Å²) in [7, 11) is 0. The molecule has 5 nitrogen and oxygen atoms in total. The molecule has 0 aliphatic carbocycles. The molecule has 0 saturated carbocycles. The molecule has 150 valence electrons. The predicted octanol–water partition coefficient (Wildman–Crippen LogP) is 3.73. The van der Waals surface area contributed by atoms with Gasteiger partial charge in [-0.25, -0.2) is 13.5 Å². The summed E-state index contributed by atoms with van der Waals surface area (Å²) in [4.78, 5) is 16.9. The average Bonchev–Trinajstić information content (AvgIpc) is 3.02. The minimum Gasteiger partial charge on any atom is -0.366 e. The van der Waals surface area contributed by atoms with E-state index in [0.29, 0.717) is 48.8 Å². The first-order valence-electron chi connectivity index (χ1n) is 9.56. The third-order valence-corrected chi connectivity index (χ3v) is 5.34. The molecule has 7 heteroatoms. The van der Waals surface area contributed by atoms with Gasteiger partial charge in [-0.05, 0) is 50.2 Å². The second kappa shape index (κ2) is 7.66. The van der Waals surface area contributed by atoms with Crippen molar-refractivity contribution in [2.75, 3.05) is 31.1 Å². The summed E-state index contributed by atoms with van der Waals surface area (Å²) in [6, 6.07) is 12.7. The van der Waals surface area contributed by atoms with Crippen LogP contribution in [0, 0.1) is 25.5 Å². The van der Waals surface area contributed by atoms with Gasteiger partial charge in [0.25, 0.3) is 5.91 Å². The van der Waals surface area contributed by atoms with E-state index < -0.39 is 0 Å². The minimum absolute atomic E-state index is 0.0819. The zero-order valence-electron chi connectivity index (χ0n) is 16.4. The molecule has 1 aliphatic heterocycles. The van der Waals surface area contributed by atoms with E-state index in [4.69, 9.17) is 0 Å². The first-order chi connectivity index (χ1) is 14.0. The number of para-hydroxylation sites is 1. The Bertz CT molecular complexity index is 1040. The van der Waals surface area contributed by atoms with Crippen LogP contribution in [0.4, 0.5) is 14.5 Å². The van der Waals surface area contributed by atoms with E-state index in [0.717, 1.165) is 5.69 Å². The fourth-order valence-electron chi connectivity index (χ4n) is 3.80. The highest BCUT2D eigenvalue weighted by Crippen LogP contribution is 2.23. The largest absolute Gasteiger partial charge is 0.366 e. The highest BCUT2D eigenvalue weighted by atomic mass is 19.1. The van der Waals surface area contributed by atoms with Crippen LogP contribution in [-0.4, -0.2) is 46.8 Å². The lowest BCUT2D eigenvalue weighted by molar-refractivity contribution is 0.0745. The van der Waals surface area contributed by atoms with Crippen molar-refractivity contribution in [2.45, 2.75) is 13.8 Å². The van der Waals surface area contributed by atoms with Crippen LogP contribution in [0.2, 0.25) is 0 Å². The number of aryl methyl sites for hydroxylation is 1. The maximum absolute atomic E-state index is 14.0. The lowest BCUT2D eigenvalue weighted by atomic mass is 10.1. The smallest absolute Gasteiger partial charge is 0.257 e. The van der Waals surface area contributed by atoms with E-state index in [1.807, 2.05) is 17.9 Å². The van der Waals surface area contributed by atoms with Crippen molar-refractivity contribution in [2.24, 2.45) is 0 Å². The molecule has 1 aliphatic rings. The molecule has 4 rings (SSSR count). The van der Waals surface area contributed by atoms with E-state index in [2.05, 4.69) is 5.10 Å². The molecule has 0 spiro atoms. The molecule has 0 bridgehead atoms. The molecule has 1 fully saturated rings. The number of carbonyl (C=O) groups is 1. The Morgan fingerprint density at radius 1 is 0.931 bits per heavy atom. The summed E-state index contributed by atoms with van der Waals surface area (Å²) in [5, 5.41) is 4.49. The number of carbonyl (C=O) groups excluding carboxylic acids is 1. The highest BCUT2D eigenvalue weighted by molar-refractivity contribution is 5.96. The number of amides is 1. The molecule has 2 aromatic carbocycles. The Kier molecular flexibility index (Phi) is 5.05. The van der Waals surface area contributed by atoms with Crippen LogP contribution in [-0.2, 0) is 0 Å². The highest BCUT2D eigenvalue weighted by Gasteiger charge is 2.28. The molecule has 3 aromatic rings. The number of nitrogens with zero attached hydrogens (tertiary/aromatic N) is 4. The van der Waals surface area contributed by atoms with E-state index in [-0.39, 0.29) is 17.5 Å². The number of piperazine rings is 1. The van der Waals surface area contributed by atoms with Gasteiger partial charge in [0.2, 0.25) is 0 Å². The molecule has 0 atom stereocenters. The van der Waals surface area contributed by atoms with Gasteiger partial charge < -0.3 is 9.80 Å². The van der Waals surface area contributed by atoms with Crippen molar-refractivity contribution in [3.63, 3.8) is 0 Å². The second-order valence-corrected chi connectivity index (χ2v) is 7.16. The Balaban J connectivity index is 1.52. The maximum atomic E-state index is 14.0. The van der Waals surface area contributed by atoms with Gasteiger partial charge in [-0.1, -0.05) is 12.1 Å². The van der Waals surface area contributed by atoms with Gasteiger partial charge in [0.05, 0.1) is 28.3 Å². The van der Waals surface area contributed by atoms with Gasteiger partial charge in [0.1, 0.15) is 11.6 Å². The van der Waals surface area contributed by atoms with Crippen LogP contribution in [0.5, 0.6) is 0 Å². The van der Waals surface area contributed by atoms with E-state index in [1.54, 1.807) is 40.8 Å². The number of halogens is 2. The number of anilines is 1. The molecule has 29 heavy (non-hydrogen) atoms. The lowest BCUT2D eigenvalue weighted by Gasteiger charge is -2.36. The Labute approximate surface area is 168 Å². The molecule has 0 N–H and O–H groups in total. The zero-order chi connectivity index (χ0) is 20.5. The van der Waals surface area contributed by atoms with Crippen molar-refractivity contribution in [3.8, 4) is 5.69 Å². The number of hydrogen-bond donors (Lipinski definition) is 0. The molecular weight excluding hydrogens is 374 g/mol. The number of rotatable bonds is 3.